The van der Waals surface area contributed by atoms with Gasteiger partial charge in [-0.15, -0.1) is 0 Å². The van der Waals surface area contributed by atoms with Crippen LogP contribution in [0.25, 0.3) is 0 Å². The van der Waals surface area contributed by atoms with Gasteiger partial charge in [0.05, 0.1) is 26.4 Å². The van der Waals surface area contributed by atoms with Gasteiger partial charge in [0.2, 0.25) is 0 Å². The number of phosphoric acid groups is 2. The minimum Gasteiger partial charge on any atom is -0.462 e. The molecule has 0 spiro atoms. The second-order valence-electron chi connectivity index (χ2n) is 30.2. The molecule has 0 saturated carbocycles. The van der Waals surface area contributed by atoms with Crippen molar-refractivity contribution in [1.29, 1.82) is 0 Å². The van der Waals surface area contributed by atoms with E-state index in [-0.39, 0.29) is 25.7 Å². The number of ether oxygens (including phenoxy) is 4. The highest BCUT2D eigenvalue weighted by Gasteiger charge is 2.30. The van der Waals surface area contributed by atoms with Crippen LogP contribution in [-0.2, 0) is 65.4 Å². The van der Waals surface area contributed by atoms with Crippen molar-refractivity contribution in [1.82, 2.24) is 0 Å². The third-order valence-electron chi connectivity index (χ3n) is 19.6. The molecule has 0 amide bonds. The van der Waals surface area contributed by atoms with E-state index in [1.165, 1.54) is 250 Å². The van der Waals surface area contributed by atoms with Gasteiger partial charge in [-0.05, 0) is 37.5 Å². The van der Waals surface area contributed by atoms with Gasteiger partial charge in [-0.25, -0.2) is 9.13 Å². The van der Waals surface area contributed by atoms with Gasteiger partial charge in [-0.3, -0.25) is 37.3 Å². The predicted molar refractivity (Wildman–Crippen MR) is 414 cm³/mol. The minimum absolute atomic E-state index is 0.107. The average Bonchev–Trinajstić information content (AvgIpc) is 0.954. The summed E-state index contributed by atoms with van der Waals surface area (Å²) in [4.78, 5) is 73.0. The van der Waals surface area contributed by atoms with Gasteiger partial charge in [0.25, 0.3) is 0 Å². The number of hydrogen-bond acceptors (Lipinski definition) is 15. The van der Waals surface area contributed by atoms with Gasteiger partial charge in [0, 0.05) is 25.7 Å². The lowest BCUT2D eigenvalue weighted by Gasteiger charge is -2.21. The molecular weight excluding hydrogens is 1320 g/mol. The summed E-state index contributed by atoms with van der Waals surface area (Å²) < 4.78 is 68.7. The van der Waals surface area contributed by atoms with Crippen molar-refractivity contribution in [3.8, 4) is 0 Å². The zero-order valence-electron chi connectivity index (χ0n) is 66.2. The van der Waals surface area contributed by atoms with Gasteiger partial charge >= 0.3 is 39.5 Å². The summed E-state index contributed by atoms with van der Waals surface area (Å²) in [5.74, 6) is -0.534. The standard InChI is InChI=1S/C82H160O17P2/c1-7-10-12-14-16-18-20-21-22-23-24-25-26-27-28-29-30-34-42-48-54-60-66-81(86)98-77(71-93-80(85)65-59-53-47-41-35-31-33-38-44-50-56-62-74(4)5)72-96-100(88,89)94-68-76(83)69-95-101(90,91)97-73-78(70-92-79(84)64-58-52-46-40-32-19-17-15-13-11-8-2)99-82(87)67-61-55-49-43-37-36-39-45-51-57-63-75(6)9-3/h74-78,83H,7-73H2,1-6H3,(H,88,89)(H,90,91)/t75?,76-,77-,78-/m1/s1. The van der Waals surface area contributed by atoms with Crippen molar-refractivity contribution in [3.05, 3.63) is 0 Å². The van der Waals surface area contributed by atoms with Crippen LogP contribution in [-0.4, -0.2) is 96.7 Å². The van der Waals surface area contributed by atoms with Crippen LogP contribution < -0.4 is 0 Å². The molecule has 0 fully saturated rings. The number of carbonyl (C=O) groups excluding carboxylic acids is 4. The van der Waals surface area contributed by atoms with Gasteiger partial charge in [-0.1, -0.05) is 382 Å². The maximum Gasteiger partial charge on any atom is 0.472 e. The Morgan fingerprint density at radius 2 is 0.505 bits per heavy atom. The third-order valence-corrected chi connectivity index (χ3v) is 21.5. The average molecular weight is 1480 g/mol. The first-order valence-electron chi connectivity index (χ1n) is 42.5. The van der Waals surface area contributed by atoms with Gasteiger partial charge in [0.1, 0.15) is 19.3 Å². The first kappa shape index (κ1) is 99.1. The highest BCUT2D eigenvalue weighted by Crippen LogP contribution is 2.45. The summed E-state index contributed by atoms with van der Waals surface area (Å²) in [6, 6.07) is 0. The molecule has 0 saturated heterocycles. The van der Waals surface area contributed by atoms with Crippen LogP contribution in [0, 0.1) is 11.8 Å². The SMILES string of the molecule is CCCCCCCCCCCCCCCCCCCCCCCCC(=O)O[C@H](COC(=O)CCCCCCCCCCCCCC(C)C)COP(=O)(O)OC[C@@H](O)COP(=O)(O)OC[C@@H](COC(=O)CCCCCCCCCCCCC)OC(=O)CCCCCCCCCCCCC(C)CC. The smallest absolute Gasteiger partial charge is 0.462 e. The van der Waals surface area contributed by atoms with Gasteiger partial charge < -0.3 is 33.8 Å². The molecule has 17 nitrogen and oxygen atoms in total. The monoisotopic (exact) mass is 1480 g/mol. The zero-order valence-corrected chi connectivity index (χ0v) is 68.0. The summed E-state index contributed by atoms with van der Waals surface area (Å²) in [6.07, 6.45) is 63.8. The Labute approximate surface area is 619 Å². The van der Waals surface area contributed by atoms with Crippen molar-refractivity contribution >= 4 is 39.5 Å². The lowest BCUT2D eigenvalue weighted by Crippen LogP contribution is -2.30. The highest BCUT2D eigenvalue weighted by atomic mass is 31.2. The molecule has 0 aliphatic carbocycles. The molecule has 0 aliphatic rings. The van der Waals surface area contributed by atoms with Crippen LogP contribution in [0.15, 0.2) is 0 Å². The Morgan fingerprint density at radius 3 is 0.752 bits per heavy atom. The molecular formula is C82H160O17P2. The normalized spacial score (nSPS) is 14.2. The summed E-state index contributed by atoms with van der Waals surface area (Å²) >= 11 is 0. The van der Waals surface area contributed by atoms with E-state index in [4.69, 9.17) is 37.0 Å². The third kappa shape index (κ3) is 74.7. The molecule has 101 heavy (non-hydrogen) atoms. The van der Waals surface area contributed by atoms with Crippen LogP contribution in [0.5, 0.6) is 0 Å². The van der Waals surface area contributed by atoms with E-state index in [1.807, 2.05) is 0 Å². The van der Waals surface area contributed by atoms with Gasteiger partial charge in [0.15, 0.2) is 12.2 Å². The Bertz CT molecular complexity index is 1940. The summed E-state index contributed by atoms with van der Waals surface area (Å²) in [5.41, 5.74) is 0. The number of phosphoric ester groups is 2. The number of rotatable bonds is 81. The van der Waals surface area contributed by atoms with Crippen molar-refractivity contribution in [3.63, 3.8) is 0 Å². The molecule has 600 valence electrons. The summed E-state index contributed by atoms with van der Waals surface area (Å²) in [5, 5.41) is 10.6. The van der Waals surface area contributed by atoms with Crippen LogP contribution in [0.1, 0.15) is 433 Å². The van der Waals surface area contributed by atoms with Crippen LogP contribution >= 0.6 is 15.6 Å². The minimum atomic E-state index is -4.96. The van der Waals surface area contributed by atoms with Crippen molar-refractivity contribution in [2.24, 2.45) is 11.8 Å². The second-order valence-corrected chi connectivity index (χ2v) is 33.1. The Hall–Kier alpha value is -1.94. The number of aliphatic hydroxyl groups is 1. The van der Waals surface area contributed by atoms with E-state index in [2.05, 4.69) is 41.5 Å². The summed E-state index contributed by atoms with van der Waals surface area (Å²) in [7, 11) is -9.92. The highest BCUT2D eigenvalue weighted by molar-refractivity contribution is 7.47. The van der Waals surface area contributed by atoms with E-state index in [9.17, 15) is 43.2 Å². The molecule has 0 aromatic carbocycles. The van der Waals surface area contributed by atoms with Gasteiger partial charge in [-0.2, -0.15) is 0 Å². The molecule has 6 atom stereocenters. The summed E-state index contributed by atoms with van der Waals surface area (Å²) in [6.45, 7) is 9.66. The fraction of sp³-hybridized carbons (Fsp3) is 0.951. The van der Waals surface area contributed by atoms with E-state index in [0.29, 0.717) is 25.7 Å². The topological polar surface area (TPSA) is 237 Å². The second kappa shape index (κ2) is 73.6. The molecule has 0 rings (SSSR count). The number of esters is 4. The van der Waals surface area contributed by atoms with E-state index >= 15 is 0 Å². The Balaban J connectivity index is 5.22. The number of hydrogen-bond donors (Lipinski definition) is 3. The quantitative estimate of drug-likeness (QED) is 0.0222. The maximum absolute atomic E-state index is 13.1. The first-order valence-corrected chi connectivity index (χ1v) is 45.5. The zero-order chi connectivity index (χ0) is 74.2. The van der Waals surface area contributed by atoms with E-state index in [1.54, 1.807) is 0 Å². The number of aliphatic hydroxyl groups excluding tert-OH is 1. The van der Waals surface area contributed by atoms with Crippen LogP contribution in [0.2, 0.25) is 0 Å². The first-order chi connectivity index (χ1) is 48.9. The fourth-order valence-corrected chi connectivity index (χ4v) is 14.3. The largest absolute Gasteiger partial charge is 0.472 e. The van der Waals surface area contributed by atoms with Crippen LogP contribution in [0.4, 0.5) is 0 Å². The van der Waals surface area contributed by atoms with E-state index in [0.717, 1.165) is 102 Å². The molecule has 0 aliphatic heterocycles. The molecule has 3 N–H and O–H groups in total. The molecule has 0 aromatic rings. The Morgan fingerprint density at radius 1 is 0.287 bits per heavy atom. The maximum atomic E-state index is 13.1. The number of unbranched alkanes of at least 4 members (excludes halogenated alkanes) is 50. The van der Waals surface area contributed by atoms with Crippen molar-refractivity contribution < 1.29 is 80.2 Å². The fourth-order valence-electron chi connectivity index (χ4n) is 12.7. The van der Waals surface area contributed by atoms with E-state index < -0.39 is 97.5 Å². The number of carbonyl (C=O) groups is 4. The molecule has 0 radical (unpaired) electrons. The van der Waals surface area contributed by atoms with Crippen LogP contribution in [0.3, 0.4) is 0 Å². The van der Waals surface area contributed by atoms with Crippen molar-refractivity contribution in [2.45, 2.75) is 452 Å². The molecule has 3 unspecified atom stereocenters. The predicted octanol–water partition coefficient (Wildman–Crippen LogP) is 24.7. The molecule has 0 heterocycles. The molecule has 0 bridgehead atoms. The van der Waals surface area contributed by atoms with Crippen molar-refractivity contribution in [2.75, 3.05) is 39.6 Å². The Kier molecular flexibility index (Phi) is 72.2. The lowest BCUT2D eigenvalue weighted by atomic mass is 9.99. The molecule has 19 heteroatoms. The lowest BCUT2D eigenvalue weighted by molar-refractivity contribution is -0.161. The molecule has 0 aromatic heterocycles.